The van der Waals surface area contributed by atoms with Gasteiger partial charge in [0.1, 0.15) is 0 Å². The summed E-state index contributed by atoms with van der Waals surface area (Å²) in [6.45, 7) is 8.37. The molecule has 2 aromatic rings. The largest absolute Gasteiger partial charge is 0.369 e. The van der Waals surface area contributed by atoms with Crippen LogP contribution in [0.5, 0.6) is 0 Å². The summed E-state index contributed by atoms with van der Waals surface area (Å²) in [4.78, 5) is 4.77. The number of hydrogen-bond donors (Lipinski definition) is 0. The summed E-state index contributed by atoms with van der Waals surface area (Å²) >= 11 is 0. The Morgan fingerprint density at radius 2 is 1.48 bits per heavy atom. The van der Waals surface area contributed by atoms with E-state index in [-0.39, 0.29) is 0 Å². The number of piperazine rings is 1. The second-order valence-electron chi connectivity index (χ2n) is 5.49. The molecule has 0 N–H and O–H groups in total. The Bertz CT molecular complexity index is 647. The Labute approximate surface area is 139 Å². The molecule has 23 heavy (non-hydrogen) atoms. The molecule has 3 nitrogen and oxygen atoms in total. The number of nitriles is 1. The van der Waals surface area contributed by atoms with E-state index in [1.165, 1.54) is 5.69 Å². The maximum absolute atomic E-state index is 9.20. The van der Waals surface area contributed by atoms with Gasteiger partial charge < -0.3 is 9.80 Å². The first-order valence-electron chi connectivity index (χ1n) is 8.31. The molecule has 3 heteroatoms. The number of hydrogen-bond acceptors (Lipinski definition) is 3. The van der Waals surface area contributed by atoms with E-state index in [2.05, 4.69) is 47.2 Å². The van der Waals surface area contributed by atoms with Crippen LogP contribution < -0.4 is 4.90 Å². The summed E-state index contributed by atoms with van der Waals surface area (Å²) in [6.07, 6.45) is 0. The lowest BCUT2D eigenvalue weighted by Gasteiger charge is -2.34. The van der Waals surface area contributed by atoms with Crippen LogP contribution in [-0.2, 0) is 0 Å². The zero-order chi connectivity index (χ0) is 16.7. The maximum Gasteiger partial charge on any atom is 0.0998 e. The molecule has 1 heterocycles. The topological polar surface area (TPSA) is 30.3 Å². The third-order valence-electron chi connectivity index (χ3n) is 4.09. The van der Waals surface area contributed by atoms with Gasteiger partial charge in [-0.2, -0.15) is 5.26 Å². The fourth-order valence-corrected chi connectivity index (χ4v) is 2.75. The average Bonchev–Trinajstić information content (AvgIpc) is 2.64. The van der Waals surface area contributed by atoms with Crippen LogP contribution in [0.4, 0.5) is 5.69 Å². The predicted octanol–water partition coefficient (Wildman–Crippen LogP) is 4.00. The van der Waals surface area contributed by atoms with Gasteiger partial charge in [-0.15, -0.1) is 0 Å². The van der Waals surface area contributed by atoms with Crippen molar-refractivity contribution in [1.29, 1.82) is 5.26 Å². The van der Waals surface area contributed by atoms with Gasteiger partial charge in [-0.1, -0.05) is 44.2 Å². The molecule has 1 aliphatic rings. The van der Waals surface area contributed by atoms with Crippen LogP contribution in [0.25, 0.3) is 11.1 Å². The Hall–Kier alpha value is -2.31. The molecule has 120 valence electrons. The molecule has 3 rings (SSSR count). The van der Waals surface area contributed by atoms with Gasteiger partial charge in [0.2, 0.25) is 0 Å². The van der Waals surface area contributed by atoms with Crippen molar-refractivity contribution in [2.24, 2.45) is 0 Å². The standard InChI is InChI=1S/C18H19N3.C2H6/c1-20-10-12-21(13-11-20)17-8-6-15(7-9-17)18-5-3-2-4-16(18)14-19;1-2/h2-9H,10-13H2,1H3;1-2H3. The van der Waals surface area contributed by atoms with E-state index in [0.29, 0.717) is 0 Å². The van der Waals surface area contributed by atoms with Crippen molar-refractivity contribution in [3.05, 3.63) is 54.1 Å². The molecule has 1 aliphatic heterocycles. The molecule has 1 saturated heterocycles. The zero-order valence-electron chi connectivity index (χ0n) is 14.3. The average molecular weight is 307 g/mol. The van der Waals surface area contributed by atoms with Crippen molar-refractivity contribution in [2.45, 2.75) is 13.8 Å². The molecule has 0 spiro atoms. The Morgan fingerprint density at radius 1 is 0.870 bits per heavy atom. The van der Waals surface area contributed by atoms with Crippen LogP contribution in [0.15, 0.2) is 48.5 Å². The van der Waals surface area contributed by atoms with E-state index < -0.39 is 0 Å². The first kappa shape index (κ1) is 17.1. The number of benzene rings is 2. The van der Waals surface area contributed by atoms with Gasteiger partial charge in [-0.3, -0.25) is 0 Å². The van der Waals surface area contributed by atoms with Crippen molar-refractivity contribution >= 4 is 5.69 Å². The lowest BCUT2D eigenvalue weighted by atomic mass is 10.00. The van der Waals surface area contributed by atoms with Gasteiger partial charge in [-0.25, -0.2) is 0 Å². The van der Waals surface area contributed by atoms with Gasteiger partial charge >= 0.3 is 0 Å². The molecule has 0 aromatic heterocycles. The van der Waals surface area contributed by atoms with Crippen LogP contribution in [0, 0.1) is 11.3 Å². The highest BCUT2D eigenvalue weighted by Gasteiger charge is 2.14. The van der Waals surface area contributed by atoms with Crippen molar-refractivity contribution < 1.29 is 0 Å². The minimum Gasteiger partial charge on any atom is -0.369 e. The Morgan fingerprint density at radius 3 is 2.09 bits per heavy atom. The number of anilines is 1. The highest BCUT2D eigenvalue weighted by Crippen LogP contribution is 2.26. The van der Waals surface area contributed by atoms with E-state index in [1.54, 1.807) is 0 Å². The van der Waals surface area contributed by atoms with Crippen LogP contribution in [0.3, 0.4) is 0 Å². The first-order chi connectivity index (χ1) is 11.3. The number of nitrogens with zero attached hydrogens (tertiary/aromatic N) is 3. The second-order valence-corrected chi connectivity index (χ2v) is 5.49. The van der Waals surface area contributed by atoms with Gasteiger partial charge in [0.05, 0.1) is 11.6 Å². The van der Waals surface area contributed by atoms with Gasteiger partial charge in [0.15, 0.2) is 0 Å². The van der Waals surface area contributed by atoms with Crippen LogP contribution >= 0.6 is 0 Å². The Kier molecular flexibility index (Phi) is 6.19. The summed E-state index contributed by atoms with van der Waals surface area (Å²) in [5.74, 6) is 0. The third kappa shape index (κ3) is 4.12. The summed E-state index contributed by atoms with van der Waals surface area (Å²) in [5.41, 5.74) is 4.10. The summed E-state index contributed by atoms with van der Waals surface area (Å²) in [6, 6.07) is 18.6. The van der Waals surface area contributed by atoms with E-state index in [0.717, 1.165) is 42.9 Å². The second kappa shape index (κ2) is 8.36. The molecule has 0 atom stereocenters. The smallest absolute Gasteiger partial charge is 0.0998 e. The maximum atomic E-state index is 9.20. The van der Waals surface area contributed by atoms with Gasteiger partial charge in [0, 0.05) is 31.9 Å². The molecule has 0 bridgehead atoms. The predicted molar refractivity (Wildman–Crippen MR) is 97.7 cm³/mol. The highest BCUT2D eigenvalue weighted by atomic mass is 15.2. The SMILES string of the molecule is CC.CN1CCN(c2ccc(-c3ccccc3C#N)cc2)CC1. The minimum atomic E-state index is 0.727. The molecule has 1 fully saturated rings. The normalized spacial score (nSPS) is 14.6. The van der Waals surface area contributed by atoms with Gasteiger partial charge in [-0.05, 0) is 36.4 Å². The highest BCUT2D eigenvalue weighted by molar-refractivity contribution is 5.72. The van der Waals surface area contributed by atoms with E-state index in [4.69, 9.17) is 0 Å². The molecule has 2 aromatic carbocycles. The summed E-state index contributed by atoms with van der Waals surface area (Å²) in [7, 11) is 2.17. The third-order valence-corrected chi connectivity index (χ3v) is 4.09. The Balaban J connectivity index is 0.000000924. The van der Waals surface area contributed by atoms with E-state index in [1.807, 2.05) is 38.1 Å². The number of likely N-dealkylation sites (N-methyl/N-ethyl adjacent to an activating group) is 1. The fraction of sp³-hybridized carbons (Fsp3) is 0.350. The van der Waals surface area contributed by atoms with E-state index in [9.17, 15) is 5.26 Å². The lowest BCUT2D eigenvalue weighted by molar-refractivity contribution is 0.313. The molecule has 0 unspecified atom stereocenters. The monoisotopic (exact) mass is 307 g/mol. The molecule has 0 radical (unpaired) electrons. The molecule has 0 saturated carbocycles. The quantitative estimate of drug-likeness (QED) is 0.840. The zero-order valence-corrected chi connectivity index (χ0v) is 14.3. The van der Waals surface area contributed by atoms with Crippen LogP contribution in [-0.4, -0.2) is 38.1 Å². The van der Waals surface area contributed by atoms with Crippen LogP contribution in [0.2, 0.25) is 0 Å². The number of rotatable bonds is 2. The van der Waals surface area contributed by atoms with Crippen molar-refractivity contribution in [1.82, 2.24) is 4.90 Å². The first-order valence-corrected chi connectivity index (χ1v) is 8.31. The lowest BCUT2D eigenvalue weighted by Crippen LogP contribution is -2.44. The summed E-state index contributed by atoms with van der Waals surface area (Å²) < 4.78 is 0. The summed E-state index contributed by atoms with van der Waals surface area (Å²) in [5, 5.41) is 9.20. The van der Waals surface area contributed by atoms with Crippen molar-refractivity contribution in [3.8, 4) is 17.2 Å². The minimum absolute atomic E-state index is 0.727. The van der Waals surface area contributed by atoms with Gasteiger partial charge in [0.25, 0.3) is 0 Å². The molecule has 0 aliphatic carbocycles. The molecular formula is C20H25N3. The fourth-order valence-electron chi connectivity index (χ4n) is 2.75. The van der Waals surface area contributed by atoms with E-state index >= 15 is 0 Å². The molecule has 0 amide bonds. The molecular weight excluding hydrogens is 282 g/mol. The van der Waals surface area contributed by atoms with Crippen LogP contribution in [0.1, 0.15) is 19.4 Å². The van der Waals surface area contributed by atoms with Crippen molar-refractivity contribution in [3.63, 3.8) is 0 Å². The van der Waals surface area contributed by atoms with Crippen molar-refractivity contribution in [2.75, 3.05) is 38.1 Å².